The fraction of sp³-hybridized carbons (Fsp3) is 0.708. The molecule has 0 aromatic heterocycles. The number of benzene rings is 1. The molecule has 31 heavy (non-hydrogen) atoms. The van der Waals surface area contributed by atoms with Gasteiger partial charge in [0.15, 0.2) is 5.96 Å². The van der Waals surface area contributed by atoms with Gasteiger partial charge in [-0.25, -0.2) is 0 Å². The summed E-state index contributed by atoms with van der Waals surface area (Å²) in [4.78, 5) is 9.50. The smallest absolute Gasteiger partial charge is 0.190 e. The van der Waals surface area contributed by atoms with E-state index in [0.717, 1.165) is 71.2 Å². The summed E-state index contributed by atoms with van der Waals surface area (Å²) in [6, 6.07) is 8.85. The first kappa shape index (κ1) is 26.2. The Morgan fingerprint density at radius 3 is 2.55 bits per heavy atom. The summed E-state index contributed by atoms with van der Waals surface area (Å²) < 4.78 is 5.30. The molecule has 1 saturated heterocycles. The van der Waals surface area contributed by atoms with Crippen molar-refractivity contribution in [2.45, 2.75) is 39.0 Å². The van der Waals surface area contributed by atoms with E-state index >= 15 is 0 Å². The molecule has 0 bridgehead atoms. The van der Waals surface area contributed by atoms with E-state index in [4.69, 9.17) is 4.74 Å². The van der Waals surface area contributed by atoms with Crippen molar-refractivity contribution in [1.29, 1.82) is 0 Å². The van der Waals surface area contributed by atoms with E-state index in [1.165, 1.54) is 30.5 Å². The molecule has 7 heteroatoms. The minimum absolute atomic E-state index is 0. The molecule has 1 aliphatic heterocycles. The lowest BCUT2D eigenvalue weighted by Crippen LogP contribution is -2.48. The van der Waals surface area contributed by atoms with E-state index in [1.807, 2.05) is 7.05 Å². The molecular weight excluding hydrogens is 501 g/mol. The van der Waals surface area contributed by atoms with Gasteiger partial charge in [-0.2, -0.15) is 0 Å². The first-order chi connectivity index (χ1) is 14.6. The number of hydrogen-bond acceptors (Lipinski definition) is 4. The fourth-order valence-corrected chi connectivity index (χ4v) is 4.57. The van der Waals surface area contributed by atoms with E-state index in [0.29, 0.717) is 5.41 Å². The fourth-order valence-electron chi connectivity index (χ4n) is 4.57. The van der Waals surface area contributed by atoms with Gasteiger partial charge in [-0.15, -0.1) is 24.0 Å². The molecule has 1 heterocycles. The van der Waals surface area contributed by atoms with Crippen molar-refractivity contribution in [2.24, 2.45) is 10.4 Å². The summed E-state index contributed by atoms with van der Waals surface area (Å²) in [5.41, 5.74) is 3.11. The Morgan fingerprint density at radius 2 is 1.94 bits per heavy atom. The van der Waals surface area contributed by atoms with Crippen LogP contribution >= 0.6 is 24.0 Å². The van der Waals surface area contributed by atoms with Gasteiger partial charge in [0, 0.05) is 65.7 Å². The van der Waals surface area contributed by atoms with E-state index in [1.54, 1.807) is 7.11 Å². The monoisotopic (exact) mass is 543 g/mol. The molecule has 2 fully saturated rings. The van der Waals surface area contributed by atoms with Gasteiger partial charge in [-0.05, 0) is 62.3 Å². The van der Waals surface area contributed by atoms with E-state index in [-0.39, 0.29) is 24.0 Å². The second-order valence-corrected chi connectivity index (χ2v) is 8.97. The van der Waals surface area contributed by atoms with Gasteiger partial charge in [-0.3, -0.25) is 9.89 Å². The maximum atomic E-state index is 5.30. The van der Waals surface area contributed by atoms with Crippen molar-refractivity contribution in [1.82, 2.24) is 15.5 Å². The van der Waals surface area contributed by atoms with Crippen molar-refractivity contribution in [3.05, 3.63) is 29.8 Å². The SMILES string of the molecule is CN=C(NCCCN1CCN(c2cccc(C)c2)CC1)NCC1(CCOC)CCC1.I. The summed E-state index contributed by atoms with van der Waals surface area (Å²) in [7, 11) is 3.66. The third kappa shape index (κ3) is 8.09. The number of hydrogen-bond donors (Lipinski definition) is 2. The topological polar surface area (TPSA) is 52.1 Å². The van der Waals surface area contributed by atoms with E-state index < -0.39 is 0 Å². The van der Waals surface area contributed by atoms with Crippen LogP contribution in [0, 0.1) is 12.3 Å². The molecule has 1 aromatic rings. The molecule has 0 spiro atoms. The molecule has 2 N–H and O–H groups in total. The average Bonchev–Trinajstić information content (AvgIpc) is 2.74. The minimum Gasteiger partial charge on any atom is -0.385 e. The van der Waals surface area contributed by atoms with Crippen molar-refractivity contribution in [2.75, 3.05) is 71.5 Å². The second kappa shape index (κ2) is 13.5. The predicted octanol–water partition coefficient (Wildman–Crippen LogP) is 3.50. The highest BCUT2D eigenvalue weighted by molar-refractivity contribution is 14.0. The van der Waals surface area contributed by atoms with Crippen LogP contribution in [-0.2, 0) is 4.74 Å². The molecule has 0 unspecified atom stereocenters. The molecule has 1 saturated carbocycles. The minimum atomic E-state index is 0. The number of piperazine rings is 1. The molecule has 0 radical (unpaired) electrons. The molecule has 176 valence electrons. The number of nitrogens with zero attached hydrogens (tertiary/aromatic N) is 3. The van der Waals surface area contributed by atoms with Crippen molar-refractivity contribution in [3.8, 4) is 0 Å². The van der Waals surface area contributed by atoms with Crippen LogP contribution in [0.5, 0.6) is 0 Å². The van der Waals surface area contributed by atoms with Crippen LogP contribution in [0.1, 0.15) is 37.7 Å². The van der Waals surface area contributed by atoms with Gasteiger partial charge < -0.3 is 20.3 Å². The molecule has 0 amide bonds. The molecule has 1 aromatic carbocycles. The summed E-state index contributed by atoms with van der Waals surface area (Å²) in [6.45, 7) is 10.6. The quantitative estimate of drug-likeness (QED) is 0.205. The Balaban J connectivity index is 0.00000341. The van der Waals surface area contributed by atoms with Gasteiger partial charge >= 0.3 is 0 Å². The summed E-state index contributed by atoms with van der Waals surface area (Å²) in [5, 5.41) is 7.05. The standard InChI is InChI=1S/C24H41N5O.HI/c1-21-7-4-8-22(19-21)29-16-14-28(15-17-29)13-6-12-26-23(25-2)27-20-24(9-5-10-24)11-18-30-3;/h4,7-8,19H,5-6,9-18,20H2,1-3H3,(H2,25,26,27);1H. The number of aliphatic imine (C=N–C) groups is 1. The Bertz CT molecular complexity index is 672. The number of halogens is 1. The lowest BCUT2D eigenvalue weighted by molar-refractivity contribution is 0.0732. The number of guanidine groups is 1. The molecule has 2 aliphatic rings. The predicted molar refractivity (Wildman–Crippen MR) is 142 cm³/mol. The van der Waals surface area contributed by atoms with E-state index in [9.17, 15) is 0 Å². The van der Waals surface area contributed by atoms with Crippen LogP contribution in [-0.4, -0.2) is 77.4 Å². The zero-order valence-corrected chi connectivity index (χ0v) is 22.0. The highest BCUT2D eigenvalue weighted by atomic mass is 127. The van der Waals surface area contributed by atoms with Crippen molar-refractivity contribution < 1.29 is 4.74 Å². The van der Waals surface area contributed by atoms with Gasteiger partial charge in [0.05, 0.1) is 0 Å². The van der Waals surface area contributed by atoms with Crippen LogP contribution in [0.3, 0.4) is 0 Å². The van der Waals surface area contributed by atoms with Crippen LogP contribution < -0.4 is 15.5 Å². The molecule has 1 aliphatic carbocycles. The lowest BCUT2D eigenvalue weighted by atomic mass is 9.67. The third-order valence-electron chi connectivity index (χ3n) is 6.79. The number of rotatable bonds is 10. The highest BCUT2D eigenvalue weighted by Gasteiger charge is 2.36. The summed E-state index contributed by atoms with van der Waals surface area (Å²) in [6.07, 6.45) is 6.22. The van der Waals surface area contributed by atoms with Gasteiger partial charge in [0.2, 0.25) is 0 Å². The van der Waals surface area contributed by atoms with Crippen LogP contribution in [0.15, 0.2) is 29.3 Å². The Kier molecular flexibility index (Phi) is 11.4. The number of nitrogens with one attached hydrogen (secondary N) is 2. The molecule has 6 nitrogen and oxygen atoms in total. The Hall–Kier alpha value is -1.06. The zero-order chi connectivity index (χ0) is 21.2. The highest BCUT2D eigenvalue weighted by Crippen LogP contribution is 2.43. The average molecular weight is 544 g/mol. The van der Waals surface area contributed by atoms with Gasteiger partial charge in [-0.1, -0.05) is 18.6 Å². The maximum Gasteiger partial charge on any atom is 0.190 e. The molecule has 0 atom stereocenters. The van der Waals surface area contributed by atoms with Gasteiger partial charge in [0.25, 0.3) is 0 Å². The van der Waals surface area contributed by atoms with Gasteiger partial charge in [0.1, 0.15) is 0 Å². The van der Waals surface area contributed by atoms with E-state index in [2.05, 4.69) is 56.6 Å². The Labute approximate surface area is 206 Å². The first-order valence-corrected chi connectivity index (χ1v) is 11.6. The lowest BCUT2D eigenvalue weighted by Gasteiger charge is -2.42. The molecular formula is C24H42IN5O. The largest absolute Gasteiger partial charge is 0.385 e. The first-order valence-electron chi connectivity index (χ1n) is 11.6. The van der Waals surface area contributed by atoms with Crippen LogP contribution in [0.2, 0.25) is 0 Å². The number of ether oxygens (including phenoxy) is 1. The number of anilines is 1. The number of aryl methyl sites for hydroxylation is 1. The van der Waals surface area contributed by atoms with Crippen molar-refractivity contribution in [3.63, 3.8) is 0 Å². The Morgan fingerprint density at radius 1 is 1.16 bits per heavy atom. The maximum absolute atomic E-state index is 5.30. The summed E-state index contributed by atoms with van der Waals surface area (Å²) in [5.74, 6) is 0.933. The third-order valence-corrected chi connectivity index (χ3v) is 6.79. The van der Waals surface area contributed by atoms with Crippen LogP contribution in [0.4, 0.5) is 5.69 Å². The van der Waals surface area contributed by atoms with Crippen LogP contribution in [0.25, 0.3) is 0 Å². The summed E-state index contributed by atoms with van der Waals surface area (Å²) >= 11 is 0. The molecule has 3 rings (SSSR count). The second-order valence-electron chi connectivity index (χ2n) is 8.97. The zero-order valence-electron chi connectivity index (χ0n) is 19.7. The number of methoxy groups -OCH3 is 1. The van der Waals surface area contributed by atoms with Crippen molar-refractivity contribution >= 4 is 35.6 Å². The normalized spacial score (nSPS) is 18.8.